The van der Waals surface area contributed by atoms with Gasteiger partial charge in [0.05, 0.1) is 5.56 Å². The van der Waals surface area contributed by atoms with Gasteiger partial charge in [-0.1, -0.05) is 0 Å². The highest BCUT2D eigenvalue weighted by atomic mass is 16.5. The van der Waals surface area contributed by atoms with E-state index in [-0.39, 0.29) is 12.5 Å². The molecule has 0 saturated carbocycles. The average Bonchev–Trinajstić information content (AvgIpc) is 3.28. The summed E-state index contributed by atoms with van der Waals surface area (Å²) < 4.78 is 7.23. The van der Waals surface area contributed by atoms with Gasteiger partial charge in [-0.25, -0.2) is 4.79 Å². The number of rotatable bonds is 6. The van der Waals surface area contributed by atoms with Crippen LogP contribution in [-0.4, -0.2) is 36.1 Å². The predicted molar refractivity (Wildman–Crippen MR) is 106 cm³/mol. The maximum absolute atomic E-state index is 12.3. The highest BCUT2D eigenvalue weighted by Gasteiger charge is 2.17. The molecule has 27 heavy (non-hydrogen) atoms. The van der Waals surface area contributed by atoms with Crippen LogP contribution in [0.25, 0.3) is 0 Å². The number of anilines is 2. The van der Waals surface area contributed by atoms with E-state index in [0.717, 1.165) is 31.0 Å². The first-order chi connectivity index (χ1) is 13.0. The Bertz CT molecular complexity index is 818. The van der Waals surface area contributed by atoms with Crippen LogP contribution in [0.15, 0.2) is 30.3 Å². The summed E-state index contributed by atoms with van der Waals surface area (Å²) in [7, 11) is 0. The monoisotopic (exact) mass is 369 g/mol. The highest BCUT2D eigenvalue weighted by Crippen LogP contribution is 2.22. The number of nitrogens with one attached hydrogen (secondary N) is 1. The number of aryl methyl sites for hydroxylation is 1. The van der Waals surface area contributed by atoms with Crippen molar-refractivity contribution in [1.82, 2.24) is 4.57 Å². The van der Waals surface area contributed by atoms with Crippen molar-refractivity contribution in [2.75, 3.05) is 29.9 Å². The molecule has 1 aromatic heterocycles. The van der Waals surface area contributed by atoms with Gasteiger partial charge in [-0.2, -0.15) is 0 Å². The number of ether oxygens (including phenoxy) is 1. The molecule has 1 fully saturated rings. The first-order valence-electron chi connectivity index (χ1n) is 9.48. The summed E-state index contributed by atoms with van der Waals surface area (Å²) >= 11 is 0. The zero-order chi connectivity index (χ0) is 19.4. The lowest BCUT2D eigenvalue weighted by atomic mass is 10.2. The standard InChI is InChI=1S/C21H27N3O3/c1-4-24-15(2)13-19(16(24)3)21(26)27-14-20(25)22-17-7-9-18(10-8-17)23-11-5-6-12-23/h7-10,13H,4-6,11-12,14H2,1-3H3,(H,22,25). The molecular formula is C21H27N3O3. The van der Waals surface area contributed by atoms with Gasteiger partial charge in [0.2, 0.25) is 0 Å². The molecule has 1 aliphatic heterocycles. The summed E-state index contributed by atoms with van der Waals surface area (Å²) in [4.78, 5) is 26.7. The fourth-order valence-corrected chi connectivity index (χ4v) is 3.63. The third kappa shape index (κ3) is 4.32. The quantitative estimate of drug-likeness (QED) is 0.792. The van der Waals surface area contributed by atoms with Gasteiger partial charge in [0.1, 0.15) is 0 Å². The first-order valence-corrected chi connectivity index (χ1v) is 9.48. The summed E-state index contributed by atoms with van der Waals surface area (Å²) in [5.74, 6) is -0.816. The van der Waals surface area contributed by atoms with Crippen LogP contribution < -0.4 is 10.2 Å². The smallest absolute Gasteiger partial charge is 0.340 e. The molecule has 6 heteroatoms. The maximum Gasteiger partial charge on any atom is 0.340 e. The van der Waals surface area contributed by atoms with Crippen molar-refractivity contribution >= 4 is 23.3 Å². The molecule has 1 N–H and O–H groups in total. The van der Waals surface area contributed by atoms with Crippen LogP contribution in [0.4, 0.5) is 11.4 Å². The number of carbonyl (C=O) groups is 2. The molecule has 1 aromatic carbocycles. The van der Waals surface area contributed by atoms with Gasteiger partial charge in [-0.15, -0.1) is 0 Å². The van der Waals surface area contributed by atoms with Gasteiger partial charge in [-0.3, -0.25) is 4.79 Å². The second-order valence-corrected chi connectivity index (χ2v) is 6.89. The molecule has 1 saturated heterocycles. The van der Waals surface area contributed by atoms with E-state index in [4.69, 9.17) is 4.74 Å². The normalized spacial score (nSPS) is 13.7. The van der Waals surface area contributed by atoms with E-state index >= 15 is 0 Å². The minimum atomic E-state index is -0.470. The van der Waals surface area contributed by atoms with E-state index in [9.17, 15) is 9.59 Å². The molecule has 1 amide bonds. The average molecular weight is 369 g/mol. The Kier molecular flexibility index (Phi) is 5.84. The van der Waals surface area contributed by atoms with Crippen molar-refractivity contribution in [1.29, 1.82) is 0 Å². The van der Waals surface area contributed by atoms with Crippen molar-refractivity contribution in [2.45, 2.75) is 40.2 Å². The zero-order valence-corrected chi connectivity index (χ0v) is 16.2. The summed E-state index contributed by atoms with van der Waals surface area (Å²) in [5, 5.41) is 2.77. The van der Waals surface area contributed by atoms with Crippen molar-refractivity contribution in [3.63, 3.8) is 0 Å². The van der Waals surface area contributed by atoms with E-state index in [0.29, 0.717) is 11.3 Å². The maximum atomic E-state index is 12.3. The predicted octanol–water partition coefficient (Wildman–Crippen LogP) is 3.52. The van der Waals surface area contributed by atoms with Crippen LogP contribution in [0.5, 0.6) is 0 Å². The molecule has 0 bridgehead atoms. The molecule has 0 aliphatic carbocycles. The Morgan fingerprint density at radius 2 is 1.78 bits per heavy atom. The number of amides is 1. The molecular weight excluding hydrogens is 342 g/mol. The van der Waals surface area contributed by atoms with Crippen LogP contribution in [0.3, 0.4) is 0 Å². The van der Waals surface area contributed by atoms with E-state index in [1.165, 1.54) is 18.5 Å². The molecule has 3 rings (SSSR count). The fourth-order valence-electron chi connectivity index (χ4n) is 3.63. The largest absolute Gasteiger partial charge is 0.452 e. The Balaban J connectivity index is 1.52. The third-order valence-corrected chi connectivity index (χ3v) is 5.07. The molecule has 144 valence electrons. The molecule has 6 nitrogen and oxygen atoms in total. The lowest BCUT2D eigenvalue weighted by Gasteiger charge is -2.17. The van der Waals surface area contributed by atoms with E-state index in [1.807, 2.05) is 49.6 Å². The van der Waals surface area contributed by atoms with Crippen LogP contribution >= 0.6 is 0 Å². The van der Waals surface area contributed by atoms with Gasteiger partial charge < -0.3 is 19.5 Å². The minimum Gasteiger partial charge on any atom is -0.452 e. The molecule has 1 aliphatic rings. The van der Waals surface area contributed by atoms with Crippen LogP contribution in [-0.2, 0) is 16.1 Å². The van der Waals surface area contributed by atoms with Gasteiger partial charge >= 0.3 is 5.97 Å². The van der Waals surface area contributed by atoms with Gasteiger partial charge in [0.15, 0.2) is 6.61 Å². The summed E-state index contributed by atoms with van der Waals surface area (Å²) in [6.07, 6.45) is 2.45. The number of aromatic nitrogens is 1. The summed E-state index contributed by atoms with van der Waals surface area (Å²) in [6, 6.07) is 9.57. The summed E-state index contributed by atoms with van der Waals surface area (Å²) in [5.41, 5.74) is 4.24. The Morgan fingerprint density at radius 1 is 1.11 bits per heavy atom. The number of hydrogen-bond acceptors (Lipinski definition) is 4. The third-order valence-electron chi connectivity index (χ3n) is 5.07. The number of benzene rings is 1. The SMILES string of the molecule is CCn1c(C)cc(C(=O)OCC(=O)Nc2ccc(N3CCCC3)cc2)c1C. The van der Waals surface area contributed by atoms with Gasteiger partial charge in [0, 0.05) is 42.4 Å². The van der Waals surface area contributed by atoms with E-state index < -0.39 is 5.97 Å². The molecule has 0 atom stereocenters. The Labute approximate surface area is 160 Å². The number of hydrogen-bond donors (Lipinski definition) is 1. The molecule has 0 unspecified atom stereocenters. The molecule has 2 aromatic rings. The van der Waals surface area contributed by atoms with Crippen LogP contribution in [0.2, 0.25) is 0 Å². The highest BCUT2D eigenvalue weighted by molar-refractivity contribution is 5.96. The second-order valence-electron chi connectivity index (χ2n) is 6.89. The fraction of sp³-hybridized carbons (Fsp3) is 0.429. The number of nitrogens with zero attached hydrogens (tertiary/aromatic N) is 2. The number of carbonyl (C=O) groups excluding carboxylic acids is 2. The lowest BCUT2D eigenvalue weighted by molar-refractivity contribution is -0.119. The van der Waals surface area contributed by atoms with E-state index in [2.05, 4.69) is 10.2 Å². The van der Waals surface area contributed by atoms with Crippen molar-refractivity contribution in [3.05, 3.63) is 47.3 Å². The van der Waals surface area contributed by atoms with Gasteiger partial charge in [-0.05, 0) is 63.9 Å². The molecule has 0 radical (unpaired) electrons. The van der Waals surface area contributed by atoms with Crippen LogP contribution in [0, 0.1) is 13.8 Å². The topological polar surface area (TPSA) is 63.6 Å². The summed E-state index contributed by atoms with van der Waals surface area (Å²) in [6.45, 7) is 8.51. The van der Waals surface area contributed by atoms with Crippen molar-refractivity contribution in [3.8, 4) is 0 Å². The zero-order valence-electron chi connectivity index (χ0n) is 16.2. The van der Waals surface area contributed by atoms with Crippen LogP contribution in [0.1, 0.15) is 41.5 Å². The molecule has 2 heterocycles. The minimum absolute atomic E-state index is 0.303. The van der Waals surface area contributed by atoms with Crippen molar-refractivity contribution < 1.29 is 14.3 Å². The van der Waals surface area contributed by atoms with Gasteiger partial charge in [0.25, 0.3) is 5.91 Å². The van der Waals surface area contributed by atoms with Crippen molar-refractivity contribution in [2.24, 2.45) is 0 Å². The number of esters is 1. The second kappa shape index (κ2) is 8.29. The Hall–Kier alpha value is -2.76. The Morgan fingerprint density at radius 3 is 2.37 bits per heavy atom. The first kappa shape index (κ1) is 19.0. The molecule has 0 spiro atoms. The van der Waals surface area contributed by atoms with E-state index in [1.54, 1.807) is 6.07 Å². The lowest BCUT2D eigenvalue weighted by Crippen LogP contribution is -2.21.